The molecule has 0 heterocycles. The van der Waals surface area contributed by atoms with Gasteiger partial charge in [-0.15, -0.1) is 0 Å². The molecule has 0 saturated heterocycles. The highest BCUT2D eigenvalue weighted by Crippen LogP contribution is 2.14. The van der Waals surface area contributed by atoms with Gasteiger partial charge in [-0.25, -0.2) is 5.48 Å². The third-order valence-electron chi connectivity index (χ3n) is 3.67. The van der Waals surface area contributed by atoms with Gasteiger partial charge in [-0.3, -0.25) is 14.4 Å². The number of carbonyl (C=O) groups is 2. The van der Waals surface area contributed by atoms with E-state index in [0.717, 1.165) is 11.1 Å². The van der Waals surface area contributed by atoms with E-state index >= 15 is 0 Å². The van der Waals surface area contributed by atoms with Crippen LogP contribution in [0.5, 0.6) is 0 Å². The Kier molecular flexibility index (Phi) is 6.98. The molecule has 0 aliphatic carbocycles. The summed E-state index contributed by atoms with van der Waals surface area (Å²) < 4.78 is 0. The monoisotopic (exact) mass is 327 g/mol. The molecule has 5 nitrogen and oxygen atoms in total. The van der Waals surface area contributed by atoms with E-state index in [4.69, 9.17) is 4.84 Å². The largest absolute Gasteiger partial charge is 0.481 e. The fraction of sp³-hybridized carbons (Fsp3) is 0.263. The molecule has 126 valence electrons. The number of hydrogen-bond acceptors (Lipinski definition) is 3. The lowest BCUT2D eigenvalue weighted by atomic mass is 9.96. The van der Waals surface area contributed by atoms with Crippen LogP contribution in [-0.4, -0.2) is 17.0 Å². The van der Waals surface area contributed by atoms with Crippen molar-refractivity contribution in [2.24, 2.45) is 5.92 Å². The number of aliphatic carboxylic acids is 1. The van der Waals surface area contributed by atoms with E-state index < -0.39 is 17.8 Å². The Labute approximate surface area is 141 Å². The molecule has 0 bridgehead atoms. The van der Waals surface area contributed by atoms with E-state index in [9.17, 15) is 14.7 Å². The molecule has 2 aromatic rings. The molecule has 1 amide bonds. The third kappa shape index (κ3) is 6.22. The van der Waals surface area contributed by atoms with Crippen LogP contribution in [-0.2, 0) is 27.5 Å². The zero-order chi connectivity index (χ0) is 17.2. The van der Waals surface area contributed by atoms with Crippen molar-refractivity contribution >= 4 is 11.9 Å². The van der Waals surface area contributed by atoms with E-state index in [-0.39, 0.29) is 13.0 Å². The lowest BCUT2D eigenvalue weighted by Gasteiger charge is -2.12. The van der Waals surface area contributed by atoms with Crippen LogP contribution in [0.4, 0.5) is 0 Å². The van der Waals surface area contributed by atoms with Gasteiger partial charge in [0, 0.05) is 6.42 Å². The van der Waals surface area contributed by atoms with Gasteiger partial charge < -0.3 is 5.11 Å². The number of carboxylic acids is 1. The van der Waals surface area contributed by atoms with Crippen LogP contribution >= 0.6 is 0 Å². The van der Waals surface area contributed by atoms with Gasteiger partial charge in [0.2, 0.25) is 5.91 Å². The maximum atomic E-state index is 11.9. The molecule has 5 heteroatoms. The minimum Gasteiger partial charge on any atom is -0.481 e. The predicted molar refractivity (Wildman–Crippen MR) is 89.9 cm³/mol. The maximum Gasteiger partial charge on any atom is 0.307 e. The van der Waals surface area contributed by atoms with Crippen LogP contribution in [0.3, 0.4) is 0 Å². The van der Waals surface area contributed by atoms with Crippen LogP contribution in [0.1, 0.15) is 24.0 Å². The Morgan fingerprint density at radius 2 is 1.54 bits per heavy atom. The van der Waals surface area contributed by atoms with Crippen LogP contribution in [0, 0.1) is 5.92 Å². The molecule has 0 aliphatic heterocycles. The van der Waals surface area contributed by atoms with Crippen molar-refractivity contribution < 1.29 is 19.5 Å². The van der Waals surface area contributed by atoms with Gasteiger partial charge >= 0.3 is 5.97 Å². The molecule has 0 aliphatic rings. The first kappa shape index (κ1) is 17.7. The van der Waals surface area contributed by atoms with E-state index in [1.54, 1.807) is 0 Å². The number of hydrogen-bond donors (Lipinski definition) is 2. The minimum absolute atomic E-state index is 0.100. The summed E-state index contributed by atoms with van der Waals surface area (Å²) in [5.41, 5.74) is 4.30. The van der Waals surface area contributed by atoms with Gasteiger partial charge in [0.15, 0.2) is 0 Å². The molecule has 0 fully saturated rings. The van der Waals surface area contributed by atoms with Gasteiger partial charge in [0.05, 0.1) is 12.5 Å². The van der Waals surface area contributed by atoms with Crippen LogP contribution in [0.15, 0.2) is 60.7 Å². The number of nitrogens with one attached hydrogen (secondary N) is 1. The highest BCUT2D eigenvalue weighted by Gasteiger charge is 2.21. The number of carbonyl (C=O) groups excluding carboxylic acids is 1. The van der Waals surface area contributed by atoms with Crippen molar-refractivity contribution in [1.82, 2.24) is 5.48 Å². The lowest BCUT2D eigenvalue weighted by Crippen LogP contribution is -2.28. The van der Waals surface area contributed by atoms with Gasteiger partial charge in [-0.05, 0) is 24.0 Å². The second-order valence-electron chi connectivity index (χ2n) is 5.56. The molecule has 2 rings (SSSR count). The fourth-order valence-corrected chi connectivity index (χ4v) is 2.34. The summed E-state index contributed by atoms with van der Waals surface area (Å²) >= 11 is 0. The molecule has 0 aromatic heterocycles. The SMILES string of the molecule is O=C(C[C@@H](CCc1ccccc1)C(=O)O)NOCc1ccccc1. The van der Waals surface area contributed by atoms with Gasteiger partial charge in [0.1, 0.15) is 0 Å². The van der Waals surface area contributed by atoms with E-state index in [2.05, 4.69) is 5.48 Å². The molecule has 0 unspecified atom stereocenters. The first-order valence-corrected chi connectivity index (χ1v) is 7.86. The zero-order valence-corrected chi connectivity index (χ0v) is 13.4. The van der Waals surface area contributed by atoms with E-state index in [1.165, 1.54) is 0 Å². The Hall–Kier alpha value is -2.66. The second-order valence-corrected chi connectivity index (χ2v) is 5.56. The van der Waals surface area contributed by atoms with Crippen molar-refractivity contribution in [1.29, 1.82) is 0 Å². The fourth-order valence-electron chi connectivity index (χ4n) is 2.34. The first-order chi connectivity index (χ1) is 11.6. The summed E-state index contributed by atoms with van der Waals surface area (Å²) in [6.45, 7) is 0.244. The third-order valence-corrected chi connectivity index (χ3v) is 3.67. The van der Waals surface area contributed by atoms with Crippen molar-refractivity contribution in [3.8, 4) is 0 Å². The Morgan fingerprint density at radius 1 is 0.958 bits per heavy atom. The van der Waals surface area contributed by atoms with E-state index in [0.29, 0.717) is 12.8 Å². The summed E-state index contributed by atoms with van der Waals surface area (Å²) in [7, 11) is 0. The zero-order valence-electron chi connectivity index (χ0n) is 13.4. The number of amides is 1. The van der Waals surface area contributed by atoms with Crippen LogP contribution in [0.25, 0.3) is 0 Å². The quantitative estimate of drug-likeness (QED) is 0.694. The molecule has 0 saturated carbocycles. The van der Waals surface area contributed by atoms with Gasteiger partial charge in [0.25, 0.3) is 0 Å². The first-order valence-electron chi connectivity index (χ1n) is 7.86. The topological polar surface area (TPSA) is 75.6 Å². The molecule has 0 spiro atoms. The second kappa shape index (κ2) is 9.47. The Morgan fingerprint density at radius 3 is 2.12 bits per heavy atom. The molecule has 2 aromatic carbocycles. The van der Waals surface area contributed by atoms with Crippen molar-refractivity contribution in [2.75, 3.05) is 0 Å². The summed E-state index contributed by atoms with van der Waals surface area (Å²) in [5.74, 6) is -2.12. The normalized spacial score (nSPS) is 11.7. The summed E-state index contributed by atoms with van der Waals surface area (Å²) in [6, 6.07) is 19.0. The van der Waals surface area contributed by atoms with Gasteiger partial charge in [-0.2, -0.15) is 0 Å². The molecular weight excluding hydrogens is 306 g/mol. The molecule has 1 atom stereocenters. The minimum atomic E-state index is -0.968. The van der Waals surface area contributed by atoms with Crippen LogP contribution < -0.4 is 5.48 Å². The van der Waals surface area contributed by atoms with E-state index in [1.807, 2.05) is 60.7 Å². The van der Waals surface area contributed by atoms with Crippen LogP contribution in [0.2, 0.25) is 0 Å². The molecule has 0 radical (unpaired) electrons. The predicted octanol–water partition coefficient (Wildman–Crippen LogP) is 2.96. The maximum absolute atomic E-state index is 11.9. The summed E-state index contributed by atoms with van der Waals surface area (Å²) in [4.78, 5) is 28.3. The standard InChI is InChI=1S/C19H21NO4/c21-18(20-24-14-16-9-5-2-6-10-16)13-17(19(22)23)12-11-15-7-3-1-4-8-15/h1-10,17H,11-14H2,(H,20,21)(H,22,23)/t17-/m1/s1. The molecule has 24 heavy (non-hydrogen) atoms. The number of hydroxylamine groups is 1. The van der Waals surface area contributed by atoms with Crippen molar-refractivity contribution in [2.45, 2.75) is 25.9 Å². The smallest absolute Gasteiger partial charge is 0.307 e. The summed E-state index contributed by atoms with van der Waals surface area (Å²) in [6.07, 6.45) is 0.929. The van der Waals surface area contributed by atoms with Crippen molar-refractivity contribution in [3.05, 3.63) is 71.8 Å². The average molecular weight is 327 g/mol. The van der Waals surface area contributed by atoms with Gasteiger partial charge in [-0.1, -0.05) is 60.7 Å². The molecule has 2 N–H and O–H groups in total. The van der Waals surface area contributed by atoms with Crippen molar-refractivity contribution in [3.63, 3.8) is 0 Å². The highest BCUT2D eigenvalue weighted by molar-refractivity contribution is 5.81. The number of benzene rings is 2. The average Bonchev–Trinajstić information content (AvgIpc) is 2.60. The Bertz CT molecular complexity index is 643. The number of rotatable bonds is 9. The lowest BCUT2D eigenvalue weighted by molar-refractivity contribution is -0.147. The Balaban J connectivity index is 1.75. The number of aryl methyl sites for hydroxylation is 1. The summed E-state index contributed by atoms with van der Waals surface area (Å²) in [5, 5.41) is 9.28. The molecular formula is C19H21NO4. The number of carboxylic acid groups (broad SMARTS) is 1. The highest BCUT2D eigenvalue weighted by atomic mass is 16.6.